The summed E-state index contributed by atoms with van der Waals surface area (Å²) in [5.41, 5.74) is 1.85. The first-order valence-corrected chi connectivity index (χ1v) is 9.84. The first-order chi connectivity index (χ1) is 12.6. The van der Waals surface area contributed by atoms with E-state index in [9.17, 15) is 22.7 Å². The van der Waals surface area contributed by atoms with Crippen molar-refractivity contribution in [3.63, 3.8) is 0 Å². The van der Waals surface area contributed by atoms with E-state index in [4.69, 9.17) is 4.74 Å². The minimum Gasteiger partial charge on any atom is -0.545 e. The second-order valence-corrected chi connectivity index (χ2v) is 8.09. The van der Waals surface area contributed by atoms with Crippen molar-refractivity contribution in [2.45, 2.75) is 31.6 Å². The predicted molar refractivity (Wildman–Crippen MR) is 96.7 cm³/mol. The highest BCUT2D eigenvalue weighted by Crippen LogP contribution is 2.23. The number of benzene rings is 2. The van der Waals surface area contributed by atoms with Crippen LogP contribution in [0.15, 0.2) is 41.3 Å². The van der Waals surface area contributed by atoms with Gasteiger partial charge in [0.15, 0.2) is 0 Å². The second-order valence-electron chi connectivity index (χ2n) is 6.35. The van der Waals surface area contributed by atoms with Crippen LogP contribution in [0.3, 0.4) is 0 Å². The van der Waals surface area contributed by atoms with E-state index in [2.05, 4.69) is 18.6 Å². The molecule has 0 unspecified atom stereocenters. The number of aromatic carboxylic acids is 1. The van der Waals surface area contributed by atoms with E-state index in [0.29, 0.717) is 11.7 Å². The maximum atomic E-state index is 13.8. The molecule has 8 heteroatoms. The van der Waals surface area contributed by atoms with Crippen LogP contribution in [0.1, 0.15) is 41.3 Å². The van der Waals surface area contributed by atoms with Gasteiger partial charge in [-0.15, -0.1) is 0 Å². The Morgan fingerprint density at radius 1 is 1.22 bits per heavy atom. The molecule has 2 aromatic rings. The van der Waals surface area contributed by atoms with Gasteiger partial charge in [0, 0.05) is 6.54 Å². The molecule has 0 heterocycles. The minimum atomic E-state index is -4.22. The smallest absolute Gasteiger partial charge is 0.243 e. The molecule has 6 nitrogen and oxygen atoms in total. The Morgan fingerprint density at radius 3 is 2.52 bits per heavy atom. The fraction of sp³-hybridized carbons (Fsp3) is 0.316. The number of sulfonamides is 1. The van der Waals surface area contributed by atoms with Crippen LogP contribution in [0.4, 0.5) is 4.39 Å². The van der Waals surface area contributed by atoms with Crippen molar-refractivity contribution in [3.05, 3.63) is 58.9 Å². The van der Waals surface area contributed by atoms with Crippen LogP contribution in [0, 0.1) is 12.7 Å². The van der Waals surface area contributed by atoms with Gasteiger partial charge in [0.2, 0.25) is 10.0 Å². The highest BCUT2D eigenvalue weighted by Gasteiger charge is 2.19. The van der Waals surface area contributed by atoms with E-state index >= 15 is 0 Å². The van der Waals surface area contributed by atoms with Crippen LogP contribution in [-0.4, -0.2) is 27.5 Å². The first kappa shape index (κ1) is 20.9. The summed E-state index contributed by atoms with van der Waals surface area (Å²) in [6.07, 6.45) is 0. The molecule has 0 fully saturated rings. The third-order valence-corrected chi connectivity index (χ3v) is 5.46. The molecular weight excluding hydrogens is 373 g/mol. The van der Waals surface area contributed by atoms with E-state index in [1.807, 2.05) is 19.1 Å². The number of carboxylic acid groups (broad SMARTS) is 1. The van der Waals surface area contributed by atoms with Gasteiger partial charge in [-0.2, -0.15) is 0 Å². The molecular formula is C19H21FNO5S-. The van der Waals surface area contributed by atoms with Crippen LogP contribution < -0.4 is 14.6 Å². The Labute approximate surface area is 158 Å². The Balaban J connectivity index is 2.00. The molecule has 0 spiro atoms. The molecule has 0 aliphatic carbocycles. The van der Waals surface area contributed by atoms with Crippen LogP contribution in [0.2, 0.25) is 0 Å². The first-order valence-electron chi connectivity index (χ1n) is 8.35. The third-order valence-electron chi connectivity index (χ3n) is 3.98. The molecule has 0 saturated heterocycles. The summed E-state index contributed by atoms with van der Waals surface area (Å²) in [5, 5.41) is 10.8. The van der Waals surface area contributed by atoms with E-state index in [-0.39, 0.29) is 13.2 Å². The van der Waals surface area contributed by atoms with E-state index < -0.39 is 32.3 Å². The summed E-state index contributed by atoms with van der Waals surface area (Å²) in [6, 6.07) is 8.07. The molecule has 0 aromatic heterocycles. The quantitative estimate of drug-likeness (QED) is 0.691. The zero-order valence-corrected chi connectivity index (χ0v) is 16.1. The number of aryl methyl sites for hydroxylation is 1. The summed E-state index contributed by atoms with van der Waals surface area (Å²) < 4.78 is 45.9. The minimum absolute atomic E-state index is 0.0293. The molecule has 0 aliphatic heterocycles. The summed E-state index contributed by atoms with van der Waals surface area (Å²) in [6.45, 7) is 6.07. The topological polar surface area (TPSA) is 95.5 Å². The lowest BCUT2D eigenvalue weighted by Gasteiger charge is -2.13. The standard InChI is InChI=1S/C19H22FNO5S/c1-12(2)16-6-5-15(10-13(16)3)26-9-8-21-27(24,25)18-11-14(19(22)23)4-7-17(18)20/h4-7,10-12,21H,8-9H2,1-3H3,(H,22,23)/p-1. The highest BCUT2D eigenvalue weighted by atomic mass is 32.2. The van der Waals surface area contributed by atoms with E-state index in [0.717, 1.165) is 23.8 Å². The lowest BCUT2D eigenvalue weighted by atomic mass is 9.98. The number of carboxylic acids is 1. The maximum absolute atomic E-state index is 13.8. The SMILES string of the molecule is Cc1cc(OCCNS(=O)(=O)c2cc(C(=O)[O-])ccc2F)ccc1C(C)C. The monoisotopic (exact) mass is 394 g/mol. The Morgan fingerprint density at radius 2 is 1.93 bits per heavy atom. The van der Waals surface area contributed by atoms with Crippen molar-refractivity contribution >= 4 is 16.0 Å². The largest absolute Gasteiger partial charge is 0.545 e. The highest BCUT2D eigenvalue weighted by molar-refractivity contribution is 7.89. The molecule has 0 saturated carbocycles. The lowest BCUT2D eigenvalue weighted by Crippen LogP contribution is -2.29. The number of hydrogen-bond acceptors (Lipinski definition) is 5. The van der Waals surface area contributed by atoms with Gasteiger partial charge in [0.1, 0.15) is 23.1 Å². The summed E-state index contributed by atoms with van der Waals surface area (Å²) in [7, 11) is -4.22. The van der Waals surface area contributed by atoms with E-state index in [1.165, 1.54) is 5.56 Å². The number of hydrogen-bond donors (Lipinski definition) is 1. The summed E-state index contributed by atoms with van der Waals surface area (Å²) >= 11 is 0. The van der Waals surface area contributed by atoms with Gasteiger partial charge >= 0.3 is 0 Å². The van der Waals surface area contributed by atoms with Crippen LogP contribution in [0.25, 0.3) is 0 Å². The lowest BCUT2D eigenvalue weighted by molar-refractivity contribution is -0.255. The zero-order chi connectivity index (χ0) is 20.2. The van der Waals surface area contributed by atoms with Gasteiger partial charge in [0.25, 0.3) is 0 Å². The molecule has 0 amide bonds. The van der Waals surface area contributed by atoms with Gasteiger partial charge < -0.3 is 14.6 Å². The fourth-order valence-electron chi connectivity index (χ4n) is 2.64. The Kier molecular flexibility index (Phi) is 6.56. The molecule has 0 atom stereocenters. The average Bonchev–Trinajstić information content (AvgIpc) is 2.58. The molecule has 0 aliphatic rings. The molecule has 0 bridgehead atoms. The summed E-state index contributed by atoms with van der Waals surface area (Å²) in [4.78, 5) is 10.1. The molecule has 27 heavy (non-hydrogen) atoms. The average molecular weight is 394 g/mol. The van der Waals surface area contributed by atoms with Crippen molar-refractivity contribution in [2.24, 2.45) is 0 Å². The van der Waals surface area contributed by atoms with Gasteiger partial charge in [0.05, 0.1) is 5.97 Å². The van der Waals surface area contributed by atoms with Gasteiger partial charge in [-0.25, -0.2) is 17.5 Å². The van der Waals surface area contributed by atoms with Crippen LogP contribution in [-0.2, 0) is 10.0 Å². The van der Waals surface area contributed by atoms with E-state index in [1.54, 1.807) is 6.07 Å². The van der Waals surface area contributed by atoms with Gasteiger partial charge in [-0.05, 0) is 53.8 Å². The van der Waals surface area contributed by atoms with Crippen molar-refractivity contribution in [3.8, 4) is 5.75 Å². The van der Waals surface area contributed by atoms with Gasteiger partial charge in [-0.1, -0.05) is 26.0 Å². The Hall–Kier alpha value is -2.45. The number of nitrogens with one attached hydrogen (secondary N) is 1. The Bertz CT molecular complexity index is 941. The number of halogens is 1. The zero-order valence-electron chi connectivity index (χ0n) is 15.3. The van der Waals surface area contributed by atoms with Gasteiger partial charge in [-0.3, -0.25) is 0 Å². The number of carbonyl (C=O) groups is 1. The second kappa shape index (κ2) is 8.49. The third kappa shape index (κ3) is 5.27. The molecule has 2 rings (SSSR count). The summed E-state index contributed by atoms with van der Waals surface area (Å²) in [5.74, 6) is -1.65. The van der Waals surface area contributed by atoms with Crippen molar-refractivity contribution < 1.29 is 27.4 Å². The molecule has 0 radical (unpaired) electrons. The van der Waals surface area contributed by atoms with Crippen molar-refractivity contribution in [1.29, 1.82) is 0 Å². The normalized spacial score (nSPS) is 11.6. The maximum Gasteiger partial charge on any atom is 0.243 e. The number of carbonyl (C=O) groups excluding carboxylic acids is 1. The van der Waals surface area contributed by atoms with Crippen LogP contribution in [0.5, 0.6) is 5.75 Å². The van der Waals surface area contributed by atoms with Crippen LogP contribution >= 0.6 is 0 Å². The molecule has 146 valence electrons. The molecule has 1 N–H and O–H groups in total. The van der Waals surface area contributed by atoms with Crippen molar-refractivity contribution in [1.82, 2.24) is 4.72 Å². The van der Waals surface area contributed by atoms with Crippen molar-refractivity contribution in [2.75, 3.05) is 13.2 Å². The molecule has 2 aromatic carbocycles. The predicted octanol–water partition coefficient (Wildman–Crippen LogP) is 1.98. The number of ether oxygens (including phenoxy) is 1. The fourth-order valence-corrected chi connectivity index (χ4v) is 3.76. The number of rotatable bonds is 8.